The average molecular weight is 353 g/mol. The van der Waals surface area contributed by atoms with Gasteiger partial charge in [0.15, 0.2) is 0 Å². The summed E-state index contributed by atoms with van der Waals surface area (Å²) in [4.78, 5) is 18.2. The van der Waals surface area contributed by atoms with Crippen LogP contribution in [0.1, 0.15) is 16.5 Å². The van der Waals surface area contributed by atoms with E-state index in [1.54, 1.807) is 35.1 Å². The van der Waals surface area contributed by atoms with Crippen molar-refractivity contribution in [1.29, 1.82) is 0 Å². The normalized spacial score (nSPS) is 17.8. The number of alkyl halides is 3. The highest BCUT2D eigenvalue weighted by Gasteiger charge is 2.32. The Morgan fingerprint density at radius 3 is 2.62 bits per heavy atom. The third-order valence-electron chi connectivity index (χ3n) is 3.58. The van der Waals surface area contributed by atoms with E-state index in [0.717, 1.165) is 23.4 Å². The molecule has 126 valence electrons. The van der Waals surface area contributed by atoms with Crippen molar-refractivity contribution in [2.45, 2.75) is 11.6 Å². The minimum atomic E-state index is -4.39. The van der Waals surface area contributed by atoms with Crippen molar-refractivity contribution in [3.8, 4) is 0 Å². The van der Waals surface area contributed by atoms with Crippen LogP contribution in [0.25, 0.3) is 0 Å². The molecule has 1 fully saturated rings. The van der Waals surface area contributed by atoms with Gasteiger partial charge < -0.3 is 10.2 Å². The van der Waals surface area contributed by atoms with Crippen LogP contribution in [0, 0.1) is 0 Å². The molecule has 1 N–H and O–H groups in total. The molecule has 8 heteroatoms. The number of nitrogens with one attached hydrogen (secondary N) is 1. The van der Waals surface area contributed by atoms with Gasteiger partial charge in [0.2, 0.25) is 0 Å². The molecule has 0 spiro atoms. The van der Waals surface area contributed by atoms with E-state index in [0.29, 0.717) is 12.2 Å². The molecule has 2 aromatic rings. The summed E-state index contributed by atoms with van der Waals surface area (Å²) in [5.41, 5.74) is 0.503. The Bertz CT molecular complexity index is 707. The number of hydrogen-bond acceptors (Lipinski definition) is 3. The summed E-state index contributed by atoms with van der Waals surface area (Å²) in [6.45, 7) is 0.566. The lowest BCUT2D eigenvalue weighted by atomic mass is 10.2. The number of carbonyl (C=O) groups excluding carboxylic acids is 1. The molecule has 1 atom stereocenters. The number of anilines is 1. The van der Waals surface area contributed by atoms with E-state index >= 15 is 0 Å². The van der Waals surface area contributed by atoms with Crippen molar-refractivity contribution in [1.82, 2.24) is 9.88 Å². The second-order valence-electron chi connectivity index (χ2n) is 5.21. The number of aromatic nitrogens is 1. The zero-order valence-corrected chi connectivity index (χ0v) is 13.3. The van der Waals surface area contributed by atoms with Crippen LogP contribution in [0.3, 0.4) is 0 Å². The number of urea groups is 1. The molecule has 1 unspecified atom stereocenters. The molecule has 0 radical (unpaired) electrons. The quantitative estimate of drug-likeness (QED) is 0.871. The smallest absolute Gasteiger partial charge is 0.308 e. The molecule has 0 aliphatic carbocycles. The van der Waals surface area contributed by atoms with Gasteiger partial charge in [-0.2, -0.15) is 13.2 Å². The number of thioether (sulfide) groups is 1. The van der Waals surface area contributed by atoms with Gasteiger partial charge in [0, 0.05) is 35.9 Å². The number of hydrogen-bond donors (Lipinski definition) is 1. The molecule has 0 bridgehead atoms. The Morgan fingerprint density at radius 1 is 1.25 bits per heavy atom. The predicted octanol–water partition coefficient (Wildman–Crippen LogP) is 4.38. The minimum Gasteiger partial charge on any atom is -0.308 e. The zero-order chi connectivity index (χ0) is 17.2. The second-order valence-corrected chi connectivity index (χ2v) is 6.40. The van der Waals surface area contributed by atoms with Gasteiger partial charge in [0.05, 0.1) is 5.56 Å². The fourth-order valence-electron chi connectivity index (χ4n) is 2.41. The maximum atomic E-state index is 12.6. The van der Waals surface area contributed by atoms with Crippen molar-refractivity contribution in [3.05, 3.63) is 59.9 Å². The number of pyridine rings is 1. The molecule has 24 heavy (non-hydrogen) atoms. The highest BCUT2D eigenvalue weighted by Crippen LogP contribution is 2.37. The van der Waals surface area contributed by atoms with E-state index in [2.05, 4.69) is 10.3 Å². The molecule has 3 rings (SSSR count). The van der Waals surface area contributed by atoms with Crippen LogP contribution in [0.5, 0.6) is 0 Å². The van der Waals surface area contributed by atoms with Gasteiger partial charge in [0.1, 0.15) is 5.37 Å². The van der Waals surface area contributed by atoms with Crippen LogP contribution in [0.15, 0.2) is 48.8 Å². The van der Waals surface area contributed by atoms with Crippen molar-refractivity contribution < 1.29 is 18.0 Å². The Hall–Kier alpha value is -2.22. The van der Waals surface area contributed by atoms with Gasteiger partial charge in [-0.1, -0.05) is 6.07 Å². The fourth-order valence-corrected chi connectivity index (χ4v) is 3.65. The summed E-state index contributed by atoms with van der Waals surface area (Å²) in [5, 5.41) is 2.50. The van der Waals surface area contributed by atoms with E-state index in [9.17, 15) is 18.0 Å². The van der Waals surface area contributed by atoms with Crippen molar-refractivity contribution in [3.63, 3.8) is 0 Å². The van der Waals surface area contributed by atoms with E-state index in [1.165, 1.54) is 12.1 Å². The third kappa shape index (κ3) is 3.64. The van der Waals surface area contributed by atoms with E-state index in [4.69, 9.17) is 0 Å². The van der Waals surface area contributed by atoms with Crippen LogP contribution < -0.4 is 5.32 Å². The lowest BCUT2D eigenvalue weighted by Crippen LogP contribution is -2.34. The first kappa shape index (κ1) is 16.6. The van der Waals surface area contributed by atoms with Crippen molar-refractivity contribution in [2.75, 3.05) is 17.6 Å². The third-order valence-corrected chi connectivity index (χ3v) is 4.85. The average Bonchev–Trinajstić information content (AvgIpc) is 3.05. The van der Waals surface area contributed by atoms with E-state index < -0.39 is 11.7 Å². The zero-order valence-electron chi connectivity index (χ0n) is 12.5. The number of carbonyl (C=O) groups is 1. The lowest BCUT2D eigenvalue weighted by Gasteiger charge is -2.24. The fraction of sp³-hybridized carbons (Fsp3) is 0.250. The first-order valence-corrected chi connectivity index (χ1v) is 8.26. The predicted molar refractivity (Wildman–Crippen MR) is 86.6 cm³/mol. The Labute approximate surface area is 141 Å². The van der Waals surface area contributed by atoms with E-state index in [1.807, 2.05) is 6.07 Å². The highest BCUT2D eigenvalue weighted by atomic mass is 32.2. The summed E-state index contributed by atoms with van der Waals surface area (Å²) in [5.74, 6) is 0.792. The van der Waals surface area contributed by atoms with Gasteiger partial charge in [-0.3, -0.25) is 4.98 Å². The molecule has 1 aliphatic rings. The van der Waals surface area contributed by atoms with Gasteiger partial charge >= 0.3 is 12.2 Å². The number of rotatable bonds is 2. The maximum absolute atomic E-state index is 12.6. The van der Waals surface area contributed by atoms with Crippen molar-refractivity contribution in [2.24, 2.45) is 0 Å². The lowest BCUT2D eigenvalue weighted by molar-refractivity contribution is -0.137. The molecular weight excluding hydrogens is 339 g/mol. The van der Waals surface area contributed by atoms with Gasteiger partial charge in [-0.05, 0) is 30.3 Å². The van der Waals surface area contributed by atoms with Crippen molar-refractivity contribution >= 4 is 23.5 Å². The van der Waals surface area contributed by atoms with Crippen LogP contribution >= 0.6 is 11.8 Å². The van der Waals surface area contributed by atoms with Crippen LogP contribution in [-0.4, -0.2) is 28.2 Å². The molecule has 1 aliphatic heterocycles. The first-order valence-electron chi connectivity index (χ1n) is 7.21. The monoisotopic (exact) mass is 353 g/mol. The molecule has 1 aromatic heterocycles. The summed E-state index contributed by atoms with van der Waals surface area (Å²) < 4.78 is 37.7. The largest absolute Gasteiger partial charge is 0.416 e. The summed E-state index contributed by atoms with van der Waals surface area (Å²) in [7, 11) is 0. The molecule has 1 aromatic carbocycles. The van der Waals surface area contributed by atoms with Crippen LogP contribution in [-0.2, 0) is 6.18 Å². The Balaban J connectivity index is 1.70. The highest BCUT2D eigenvalue weighted by molar-refractivity contribution is 7.99. The second kappa shape index (κ2) is 6.72. The number of benzene rings is 1. The number of amides is 2. The Kier molecular flexibility index (Phi) is 4.66. The first-order chi connectivity index (χ1) is 11.4. The summed E-state index contributed by atoms with van der Waals surface area (Å²) >= 11 is 1.62. The van der Waals surface area contributed by atoms with E-state index in [-0.39, 0.29) is 11.4 Å². The minimum absolute atomic E-state index is 0.145. The topological polar surface area (TPSA) is 45.2 Å². The molecule has 0 saturated carbocycles. The molecular formula is C16H14F3N3OS. The van der Waals surface area contributed by atoms with Gasteiger partial charge in [-0.25, -0.2) is 4.79 Å². The molecule has 4 nitrogen and oxygen atoms in total. The molecule has 2 heterocycles. The number of halogens is 3. The number of nitrogens with zero attached hydrogens (tertiary/aromatic N) is 2. The van der Waals surface area contributed by atoms with Crippen LogP contribution in [0.2, 0.25) is 0 Å². The molecule has 1 saturated heterocycles. The SMILES string of the molecule is O=C(Nc1ccc(C(F)(F)F)cc1)N1CCSC1c1cccnc1. The van der Waals surface area contributed by atoms with Gasteiger partial charge in [-0.15, -0.1) is 11.8 Å². The summed E-state index contributed by atoms with van der Waals surface area (Å²) in [6.07, 6.45) is -1.02. The Morgan fingerprint density at radius 2 is 2.00 bits per heavy atom. The molecule has 2 amide bonds. The maximum Gasteiger partial charge on any atom is 0.416 e. The standard InChI is InChI=1S/C16H14F3N3OS/c17-16(18,19)12-3-5-13(6-4-12)21-15(23)22-8-9-24-14(22)11-2-1-7-20-10-11/h1-7,10,14H,8-9H2,(H,21,23). The van der Waals surface area contributed by atoms with Gasteiger partial charge in [0.25, 0.3) is 0 Å². The van der Waals surface area contributed by atoms with Crippen LogP contribution in [0.4, 0.5) is 23.7 Å². The summed E-state index contributed by atoms with van der Waals surface area (Å²) in [6, 6.07) is 7.77.